The number of benzene rings is 2. The molecule has 8 heteroatoms. The Morgan fingerprint density at radius 3 is 2.08 bits per heavy atom. The van der Waals surface area contributed by atoms with Crippen LogP contribution >= 0.6 is 0 Å². The lowest BCUT2D eigenvalue weighted by Gasteiger charge is -2.34. The summed E-state index contributed by atoms with van der Waals surface area (Å²) in [5, 5.41) is 0. The molecule has 1 heterocycles. The predicted octanol–water partition coefficient (Wildman–Crippen LogP) is 1.98. The summed E-state index contributed by atoms with van der Waals surface area (Å²) in [4.78, 5) is 14.2. The van der Waals surface area contributed by atoms with Crippen molar-refractivity contribution in [3.05, 3.63) is 59.9 Å². The molecule has 0 bridgehead atoms. The Kier molecular flexibility index (Phi) is 5.24. The molecule has 1 saturated heterocycles. The summed E-state index contributed by atoms with van der Waals surface area (Å²) in [6.45, 7) is 0.986. The van der Waals surface area contributed by atoms with Gasteiger partial charge in [-0.05, 0) is 48.5 Å². The van der Waals surface area contributed by atoms with E-state index >= 15 is 0 Å². The zero-order valence-corrected chi connectivity index (χ0v) is 15.1. The highest BCUT2D eigenvalue weighted by molar-refractivity contribution is 7.89. The number of amides is 1. The van der Waals surface area contributed by atoms with E-state index in [1.807, 2.05) is 0 Å². The first-order valence-corrected chi connectivity index (χ1v) is 9.55. The SMILES string of the molecule is COc1ccc(S(=O)(=O)N2CCN(C(=O)c3ccc(F)cc3)CC2)cc1. The van der Waals surface area contributed by atoms with Crippen molar-refractivity contribution in [3.8, 4) is 5.75 Å². The Morgan fingerprint density at radius 1 is 0.962 bits per heavy atom. The second kappa shape index (κ2) is 7.43. The molecule has 0 radical (unpaired) electrons. The van der Waals surface area contributed by atoms with Crippen molar-refractivity contribution in [1.29, 1.82) is 0 Å². The molecule has 0 aliphatic carbocycles. The van der Waals surface area contributed by atoms with Gasteiger partial charge in [0.05, 0.1) is 12.0 Å². The van der Waals surface area contributed by atoms with E-state index < -0.39 is 15.8 Å². The van der Waals surface area contributed by atoms with Crippen molar-refractivity contribution in [2.24, 2.45) is 0 Å². The fraction of sp³-hybridized carbons (Fsp3) is 0.278. The lowest BCUT2D eigenvalue weighted by atomic mass is 10.2. The summed E-state index contributed by atoms with van der Waals surface area (Å²) in [7, 11) is -2.10. The van der Waals surface area contributed by atoms with Gasteiger partial charge in [-0.2, -0.15) is 4.31 Å². The lowest BCUT2D eigenvalue weighted by Crippen LogP contribution is -2.50. The maximum Gasteiger partial charge on any atom is 0.253 e. The number of hydrogen-bond acceptors (Lipinski definition) is 4. The largest absolute Gasteiger partial charge is 0.497 e. The molecule has 0 N–H and O–H groups in total. The summed E-state index contributed by atoms with van der Waals surface area (Å²) in [5.41, 5.74) is 0.387. The van der Waals surface area contributed by atoms with Gasteiger partial charge in [0.2, 0.25) is 10.0 Å². The second-order valence-electron chi connectivity index (χ2n) is 5.88. The quantitative estimate of drug-likeness (QED) is 0.816. The number of halogens is 1. The van der Waals surface area contributed by atoms with Gasteiger partial charge in [0.25, 0.3) is 5.91 Å². The van der Waals surface area contributed by atoms with Crippen molar-refractivity contribution in [1.82, 2.24) is 9.21 Å². The molecule has 2 aromatic rings. The van der Waals surface area contributed by atoms with Crippen molar-refractivity contribution < 1.29 is 22.3 Å². The number of piperazine rings is 1. The molecule has 0 atom stereocenters. The van der Waals surface area contributed by atoms with Gasteiger partial charge in [-0.3, -0.25) is 4.79 Å². The average Bonchev–Trinajstić information content (AvgIpc) is 2.68. The van der Waals surface area contributed by atoms with Gasteiger partial charge in [0.15, 0.2) is 0 Å². The highest BCUT2D eigenvalue weighted by atomic mass is 32.2. The molecule has 3 rings (SSSR count). The number of ether oxygens (including phenoxy) is 1. The summed E-state index contributed by atoms with van der Waals surface area (Å²) in [6, 6.07) is 11.5. The van der Waals surface area contributed by atoms with Gasteiger partial charge >= 0.3 is 0 Å². The zero-order valence-electron chi connectivity index (χ0n) is 14.3. The van der Waals surface area contributed by atoms with Gasteiger partial charge < -0.3 is 9.64 Å². The van der Waals surface area contributed by atoms with Gasteiger partial charge in [-0.15, -0.1) is 0 Å². The minimum absolute atomic E-state index is 0.191. The van der Waals surface area contributed by atoms with Crippen molar-refractivity contribution in [2.75, 3.05) is 33.3 Å². The van der Waals surface area contributed by atoms with Crippen LogP contribution in [0, 0.1) is 5.82 Å². The molecular weight excluding hydrogens is 359 g/mol. The first-order chi connectivity index (χ1) is 12.4. The molecule has 0 aromatic heterocycles. The molecule has 0 spiro atoms. The molecule has 2 aromatic carbocycles. The number of nitrogens with zero attached hydrogens (tertiary/aromatic N) is 2. The van der Waals surface area contributed by atoms with E-state index in [0.29, 0.717) is 11.3 Å². The third kappa shape index (κ3) is 3.71. The van der Waals surface area contributed by atoms with Crippen LogP contribution in [0.5, 0.6) is 5.75 Å². The Hall–Kier alpha value is -2.45. The van der Waals surface area contributed by atoms with Gasteiger partial charge in [0.1, 0.15) is 11.6 Å². The fourth-order valence-electron chi connectivity index (χ4n) is 2.80. The number of rotatable bonds is 4. The minimum atomic E-state index is -3.62. The van der Waals surface area contributed by atoms with E-state index in [1.54, 1.807) is 17.0 Å². The normalized spacial score (nSPS) is 15.7. The van der Waals surface area contributed by atoms with Crippen LogP contribution in [0.2, 0.25) is 0 Å². The zero-order chi connectivity index (χ0) is 18.7. The first kappa shape index (κ1) is 18.3. The number of hydrogen-bond donors (Lipinski definition) is 0. The third-order valence-electron chi connectivity index (χ3n) is 4.31. The smallest absolute Gasteiger partial charge is 0.253 e. The van der Waals surface area contributed by atoms with E-state index in [1.165, 1.54) is 47.8 Å². The number of methoxy groups -OCH3 is 1. The second-order valence-corrected chi connectivity index (χ2v) is 7.82. The van der Waals surface area contributed by atoms with Crippen LogP contribution in [-0.4, -0.2) is 56.8 Å². The maximum absolute atomic E-state index is 13.0. The molecule has 1 fully saturated rings. The molecule has 1 amide bonds. The first-order valence-electron chi connectivity index (χ1n) is 8.11. The predicted molar refractivity (Wildman–Crippen MR) is 94.1 cm³/mol. The van der Waals surface area contributed by atoms with E-state index in [-0.39, 0.29) is 37.0 Å². The van der Waals surface area contributed by atoms with Crippen LogP contribution in [0.25, 0.3) is 0 Å². The van der Waals surface area contributed by atoms with Crippen molar-refractivity contribution in [2.45, 2.75) is 4.90 Å². The van der Waals surface area contributed by atoms with Gasteiger partial charge in [0, 0.05) is 31.7 Å². The summed E-state index contributed by atoms with van der Waals surface area (Å²) >= 11 is 0. The third-order valence-corrected chi connectivity index (χ3v) is 6.23. The Labute approximate surface area is 151 Å². The average molecular weight is 378 g/mol. The molecule has 26 heavy (non-hydrogen) atoms. The van der Waals surface area contributed by atoms with Crippen LogP contribution in [-0.2, 0) is 10.0 Å². The van der Waals surface area contributed by atoms with Crippen molar-refractivity contribution in [3.63, 3.8) is 0 Å². The summed E-state index contributed by atoms with van der Waals surface area (Å²) in [5.74, 6) is -0.0536. The minimum Gasteiger partial charge on any atom is -0.497 e. The number of sulfonamides is 1. The van der Waals surface area contributed by atoms with E-state index in [4.69, 9.17) is 4.74 Å². The number of carbonyl (C=O) groups is 1. The Balaban J connectivity index is 1.67. The van der Waals surface area contributed by atoms with Crippen LogP contribution in [0.3, 0.4) is 0 Å². The lowest BCUT2D eigenvalue weighted by molar-refractivity contribution is 0.0698. The van der Waals surface area contributed by atoms with Crippen molar-refractivity contribution >= 4 is 15.9 Å². The van der Waals surface area contributed by atoms with E-state index in [2.05, 4.69) is 0 Å². The number of carbonyl (C=O) groups excluding carboxylic acids is 1. The van der Waals surface area contributed by atoms with Crippen LogP contribution < -0.4 is 4.74 Å². The topological polar surface area (TPSA) is 66.9 Å². The fourth-order valence-corrected chi connectivity index (χ4v) is 4.23. The molecule has 138 valence electrons. The Morgan fingerprint density at radius 2 is 1.54 bits per heavy atom. The highest BCUT2D eigenvalue weighted by Crippen LogP contribution is 2.21. The standard InChI is InChI=1S/C18H19FN2O4S/c1-25-16-6-8-17(9-7-16)26(23,24)21-12-10-20(11-13-21)18(22)14-2-4-15(19)5-3-14/h2-9H,10-13H2,1H3. The van der Waals surface area contributed by atoms with Crippen LogP contribution in [0.1, 0.15) is 10.4 Å². The highest BCUT2D eigenvalue weighted by Gasteiger charge is 2.30. The molecule has 0 saturated carbocycles. The van der Waals surface area contributed by atoms with Crippen LogP contribution in [0.15, 0.2) is 53.4 Å². The molecular formula is C18H19FN2O4S. The van der Waals surface area contributed by atoms with Gasteiger partial charge in [-0.25, -0.2) is 12.8 Å². The summed E-state index contributed by atoms with van der Waals surface area (Å²) in [6.07, 6.45) is 0. The molecule has 1 aliphatic heterocycles. The maximum atomic E-state index is 13.0. The molecule has 0 unspecified atom stereocenters. The van der Waals surface area contributed by atoms with Crippen LogP contribution in [0.4, 0.5) is 4.39 Å². The van der Waals surface area contributed by atoms with E-state index in [9.17, 15) is 17.6 Å². The molecule has 1 aliphatic rings. The Bertz CT molecular complexity index is 874. The molecule has 6 nitrogen and oxygen atoms in total. The van der Waals surface area contributed by atoms with E-state index in [0.717, 1.165) is 0 Å². The monoisotopic (exact) mass is 378 g/mol. The summed E-state index contributed by atoms with van der Waals surface area (Å²) < 4.78 is 44.8. The van der Waals surface area contributed by atoms with Gasteiger partial charge in [-0.1, -0.05) is 0 Å².